The Balaban J connectivity index is 2.59. The molecule has 1 heterocycles. The van der Waals surface area contributed by atoms with Gasteiger partial charge in [-0.25, -0.2) is 8.78 Å². The van der Waals surface area contributed by atoms with Gasteiger partial charge in [0.05, 0.1) is 11.7 Å². The molecule has 0 bridgehead atoms. The third-order valence-electron chi connectivity index (χ3n) is 3.53. The van der Waals surface area contributed by atoms with Crippen molar-refractivity contribution in [2.24, 2.45) is 7.05 Å². The quantitative estimate of drug-likeness (QED) is 0.932. The second kappa shape index (κ2) is 5.71. The summed E-state index contributed by atoms with van der Waals surface area (Å²) in [5.74, 6) is -0.858. The second-order valence-electron chi connectivity index (χ2n) is 4.86. The van der Waals surface area contributed by atoms with Crippen LogP contribution in [0.3, 0.4) is 0 Å². The molecule has 1 atom stereocenters. The summed E-state index contributed by atoms with van der Waals surface area (Å²) in [4.78, 5) is 0. The predicted molar refractivity (Wildman–Crippen MR) is 74.6 cm³/mol. The molecule has 0 amide bonds. The Morgan fingerprint density at radius 2 is 2.00 bits per heavy atom. The Morgan fingerprint density at radius 3 is 2.55 bits per heavy atom. The number of nitrogens with one attached hydrogen (secondary N) is 1. The molecule has 0 spiro atoms. The number of aryl methyl sites for hydroxylation is 2. The minimum atomic E-state index is -0.441. The molecule has 1 aromatic heterocycles. The van der Waals surface area contributed by atoms with Gasteiger partial charge in [0.15, 0.2) is 0 Å². The Morgan fingerprint density at radius 1 is 1.30 bits per heavy atom. The zero-order valence-corrected chi connectivity index (χ0v) is 12.2. The maximum absolute atomic E-state index is 14.1. The molecule has 1 unspecified atom stereocenters. The first-order chi connectivity index (χ1) is 9.45. The smallest absolute Gasteiger partial charge is 0.128 e. The molecule has 2 aromatic rings. The SMILES string of the molecule is CCNC(c1cc(F)ccc1F)c1c(C)nn(C)c1C. The van der Waals surface area contributed by atoms with Crippen LogP contribution in [0.5, 0.6) is 0 Å². The van der Waals surface area contributed by atoms with Crippen LogP contribution in [0.1, 0.15) is 35.5 Å². The summed E-state index contributed by atoms with van der Waals surface area (Å²) in [6.07, 6.45) is 0. The maximum Gasteiger partial charge on any atom is 0.128 e. The molecule has 0 saturated carbocycles. The number of aromatic nitrogens is 2. The van der Waals surface area contributed by atoms with E-state index in [1.165, 1.54) is 6.07 Å². The van der Waals surface area contributed by atoms with Crippen molar-refractivity contribution >= 4 is 0 Å². The van der Waals surface area contributed by atoms with Gasteiger partial charge < -0.3 is 5.32 Å². The number of hydrogen-bond donors (Lipinski definition) is 1. The average molecular weight is 279 g/mol. The highest BCUT2D eigenvalue weighted by Crippen LogP contribution is 2.29. The largest absolute Gasteiger partial charge is 0.306 e. The van der Waals surface area contributed by atoms with Crippen LogP contribution in [0.25, 0.3) is 0 Å². The van der Waals surface area contributed by atoms with Crippen LogP contribution in [0.15, 0.2) is 18.2 Å². The number of rotatable bonds is 4. The summed E-state index contributed by atoms with van der Waals surface area (Å²) >= 11 is 0. The van der Waals surface area contributed by atoms with E-state index < -0.39 is 17.7 Å². The molecule has 3 nitrogen and oxygen atoms in total. The molecule has 0 radical (unpaired) electrons. The topological polar surface area (TPSA) is 29.9 Å². The average Bonchev–Trinajstić information content (AvgIpc) is 2.64. The molecule has 108 valence electrons. The predicted octanol–water partition coefficient (Wildman–Crippen LogP) is 3.01. The molecular formula is C15H19F2N3. The van der Waals surface area contributed by atoms with Crippen LogP contribution >= 0.6 is 0 Å². The lowest BCUT2D eigenvalue weighted by atomic mass is 9.96. The molecule has 1 aromatic carbocycles. The first kappa shape index (κ1) is 14.7. The van der Waals surface area contributed by atoms with E-state index in [-0.39, 0.29) is 0 Å². The van der Waals surface area contributed by atoms with E-state index in [0.29, 0.717) is 12.1 Å². The fourth-order valence-electron chi connectivity index (χ4n) is 2.52. The van der Waals surface area contributed by atoms with Crippen molar-refractivity contribution in [3.05, 3.63) is 52.3 Å². The zero-order chi connectivity index (χ0) is 14.9. The molecule has 0 aliphatic rings. The lowest BCUT2D eigenvalue weighted by Crippen LogP contribution is -2.24. The van der Waals surface area contributed by atoms with Crippen LogP contribution < -0.4 is 5.32 Å². The van der Waals surface area contributed by atoms with E-state index in [2.05, 4.69) is 10.4 Å². The van der Waals surface area contributed by atoms with Gasteiger partial charge >= 0.3 is 0 Å². The van der Waals surface area contributed by atoms with Crippen molar-refractivity contribution in [2.75, 3.05) is 6.54 Å². The van der Waals surface area contributed by atoms with Crippen molar-refractivity contribution < 1.29 is 8.78 Å². The van der Waals surface area contributed by atoms with Gasteiger partial charge in [-0.05, 0) is 38.6 Å². The van der Waals surface area contributed by atoms with Crippen molar-refractivity contribution in [3.63, 3.8) is 0 Å². The van der Waals surface area contributed by atoms with Gasteiger partial charge in [-0.2, -0.15) is 5.10 Å². The first-order valence-corrected chi connectivity index (χ1v) is 6.64. The highest BCUT2D eigenvalue weighted by Gasteiger charge is 2.24. The minimum Gasteiger partial charge on any atom is -0.306 e. The van der Waals surface area contributed by atoms with Gasteiger partial charge in [0.25, 0.3) is 0 Å². The van der Waals surface area contributed by atoms with Crippen molar-refractivity contribution in [3.8, 4) is 0 Å². The van der Waals surface area contributed by atoms with Crippen molar-refractivity contribution in [2.45, 2.75) is 26.8 Å². The lowest BCUT2D eigenvalue weighted by Gasteiger charge is -2.20. The molecule has 0 saturated heterocycles. The van der Waals surface area contributed by atoms with Gasteiger partial charge in [0.2, 0.25) is 0 Å². The van der Waals surface area contributed by atoms with E-state index in [9.17, 15) is 8.78 Å². The summed E-state index contributed by atoms with van der Waals surface area (Å²) in [5, 5.41) is 7.57. The number of halogens is 2. The minimum absolute atomic E-state index is 0.311. The summed E-state index contributed by atoms with van der Waals surface area (Å²) in [5.41, 5.74) is 2.97. The second-order valence-corrected chi connectivity index (χ2v) is 4.86. The third-order valence-corrected chi connectivity index (χ3v) is 3.53. The number of benzene rings is 1. The maximum atomic E-state index is 14.1. The zero-order valence-electron chi connectivity index (χ0n) is 12.2. The third kappa shape index (κ3) is 2.58. The summed E-state index contributed by atoms with van der Waals surface area (Å²) < 4.78 is 29.3. The monoisotopic (exact) mass is 279 g/mol. The Labute approximate surface area is 117 Å². The van der Waals surface area contributed by atoms with Crippen molar-refractivity contribution in [1.82, 2.24) is 15.1 Å². The highest BCUT2D eigenvalue weighted by atomic mass is 19.1. The van der Waals surface area contributed by atoms with Gasteiger partial charge in [-0.1, -0.05) is 6.92 Å². The van der Waals surface area contributed by atoms with Crippen LogP contribution in [0.2, 0.25) is 0 Å². The van der Waals surface area contributed by atoms with Gasteiger partial charge in [0, 0.05) is 23.9 Å². The van der Waals surface area contributed by atoms with E-state index in [0.717, 1.165) is 29.1 Å². The molecule has 0 fully saturated rings. The van der Waals surface area contributed by atoms with E-state index in [1.54, 1.807) is 4.68 Å². The standard InChI is InChI=1S/C15H19F2N3/c1-5-18-15(12-8-11(16)6-7-13(12)17)14-9(2)19-20(4)10(14)3/h6-8,15,18H,5H2,1-4H3. The lowest BCUT2D eigenvalue weighted by molar-refractivity contribution is 0.542. The summed E-state index contributed by atoms with van der Waals surface area (Å²) in [6.45, 7) is 6.39. The number of hydrogen-bond acceptors (Lipinski definition) is 2. The van der Waals surface area contributed by atoms with Crippen LogP contribution in [0.4, 0.5) is 8.78 Å². The molecule has 5 heteroatoms. The molecule has 1 N–H and O–H groups in total. The van der Waals surface area contributed by atoms with Crippen LogP contribution in [0, 0.1) is 25.5 Å². The molecule has 20 heavy (non-hydrogen) atoms. The highest BCUT2D eigenvalue weighted by molar-refractivity contribution is 5.38. The van der Waals surface area contributed by atoms with Crippen LogP contribution in [-0.2, 0) is 7.05 Å². The Kier molecular flexibility index (Phi) is 4.18. The molecular weight excluding hydrogens is 260 g/mol. The van der Waals surface area contributed by atoms with E-state index in [4.69, 9.17) is 0 Å². The molecule has 2 rings (SSSR count). The summed E-state index contributed by atoms with van der Waals surface area (Å²) in [7, 11) is 1.84. The first-order valence-electron chi connectivity index (χ1n) is 6.64. The fourth-order valence-corrected chi connectivity index (χ4v) is 2.52. The van der Waals surface area contributed by atoms with Crippen molar-refractivity contribution in [1.29, 1.82) is 0 Å². The van der Waals surface area contributed by atoms with E-state index in [1.807, 2.05) is 27.8 Å². The summed E-state index contributed by atoms with van der Waals surface area (Å²) in [6, 6.07) is 3.14. The van der Waals surface area contributed by atoms with Gasteiger partial charge in [-0.15, -0.1) is 0 Å². The Hall–Kier alpha value is -1.75. The van der Waals surface area contributed by atoms with Crippen LogP contribution in [-0.4, -0.2) is 16.3 Å². The van der Waals surface area contributed by atoms with E-state index >= 15 is 0 Å². The number of nitrogens with zero attached hydrogens (tertiary/aromatic N) is 2. The Bertz CT molecular complexity index is 620. The van der Waals surface area contributed by atoms with Gasteiger partial charge in [-0.3, -0.25) is 4.68 Å². The molecule has 0 aliphatic heterocycles. The fraction of sp³-hybridized carbons (Fsp3) is 0.400. The normalized spacial score (nSPS) is 12.7. The van der Waals surface area contributed by atoms with Gasteiger partial charge in [0.1, 0.15) is 11.6 Å². The molecule has 0 aliphatic carbocycles.